The Morgan fingerprint density at radius 1 is 1.16 bits per heavy atom. The SMILES string of the molecule is COc1cc(/C=N\NC(=O)c2ccco2)ccc1OS(=O)(=O)c1ccc([N+](=O)[O-])cc1. The van der Waals surface area contributed by atoms with Crippen LogP contribution in [0.3, 0.4) is 0 Å². The number of furan rings is 1. The quantitative estimate of drug-likeness (QED) is 0.241. The van der Waals surface area contributed by atoms with Crippen molar-refractivity contribution in [2.75, 3.05) is 7.11 Å². The number of hydrazone groups is 1. The van der Waals surface area contributed by atoms with Crippen molar-refractivity contribution in [3.8, 4) is 11.5 Å². The molecule has 2 aromatic carbocycles. The van der Waals surface area contributed by atoms with E-state index in [0.717, 1.165) is 24.3 Å². The lowest BCUT2D eigenvalue weighted by atomic mass is 10.2. The highest BCUT2D eigenvalue weighted by Gasteiger charge is 2.20. The lowest BCUT2D eigenvalue weighted by molar-refractivity contribution is -0.384. The van der Waals surface area contributed by atoms with Gasteiger partial charge in [0.05, 0.1) is 24.5 Å². The first-order valence-electron chi connectivity index (χ1n) is 8.54. The normalized spacial score (nSPS) is 11.3. The summed E-state index contributed by atoms with van der Waals surface area (Å²) in [6.07, 6.45) is 2.67. The first-order chi connectivity index (χ1) is 14.8. The average Bonchev–Trinajstić information content (AvgIpc) is 3.29. The van der Waals surface area contributed by atoms with E-state index in [1.165, 1.54) is 43.9 Å². The van der Waals surface area contributed by atoms with Crippen molar-refractivity contribution in [3.63, 3.8) is 0 Å². The van der Waals surface area contributed by atoms with E-state index >= 15 is 0 Å². The van der Waals surface area contributed by atoms with Gasteiger partial charge in [0.25, 0.3) is 5.69 Å². The number of methoxy groups -OCH3 is 1. The van der Waals surface area contributed by atoms with Crippen LogP contribution in [0.4, 0.5) is 5.69 Å². The molecule has 1 heterocycles. The predicted molar refractivity (Wildman–Crippen MR) is 108 cm³/mol. The van der Waals surface area contributed by atoms with Gasteiger partial charge in [0, 0.05) is 12.1 Å². The molecule has 3 rings (SSSR count). The zero-order valence-corrected chi connectivity index (χ0v) is 16.7. The second-order valence-electron chi connectivity index (χ2n) is 5.88. The highest BCUT2D eigenvalue weighted by atomic mass is 32.2. The molecule has 0 saturated heterocycles. The Bertz CT molecular complexity index is 1220. The molecule has 31 heavy (non-hydrogen) atoms. The molecule has 0 bridgehead atoms. The van der Waals surface area contributed by atoms with Gasteiger partial charge >= 0.3 is 16.0 Å². The minimum Gasteiger partial charge on any atom is -0.493 e. The highest BCUT2D eigenvalue weighted by Crippen LogP contribution is 2.30. The summed E-state index contributed by atoms with van der Waals surface area (Å²) in [5.41, 5.74) is 2.51. The van der Waals surface area contributed by atoms with Gasteiger partial charge in [-0.2, -0.15) is 13.5 Å². The molecule has 11 nitrogen and oxygen atoms in total. The lowest BCUT2D eigenvalue weighted by Crippen LogP contribution is -2.16. The minimum absolute atomic E-state index is 0.0896. The second-order valence-corrected chi connectivity index (χ2v) is 7.42. The van der Waals surface area contributed by atoms with Gasteiger partial charge < -0.3 is 13.3 Å². The van der Waals surface area contributed by atoms with Gasteiger partial charge in [-0.15, -0.1) is 0 Å². The Morgan fingerprint density at radius 3 is 2.52 bits per heavy atom. The van der Waals surface area contributed by atoms with Crippen LogP contribution in [0.2, 0.25) is 0 Å². The number of hydrogen-bond acceptors (Lipinski definition) is 9. The molecule has 0 unspecified atom stereocenters. The summed E-state index contributed by atoms with van der Waals surface area (Å²) in [6, 6.07) is 11.6. The Hall–Kier alpha value is -4.19. The van der Waals surface area contributed by atoms with E-state index in [1.54, 1.807) is 6.07 Å². The molecule has 0 spiro atoms. The molecule has 0 aliphatic carbocycles. The molecule has 1 amide bonds. The Balaban J connectivity index is 1.74. The van der Waals surface area contributed by atoms with Gasteiger partial charge in [-0.1, -0.05) is 0 Å². The lowest BCUT2D eigenvalue weighted by Gasteiger charge is -2.11. The Labute approximate surface area is 176 Å². The highest BCUT2D eigenvalue weighted by molar-refractivity contribution is 7.87. The summed E-state index contributed by atoms with van der Waals surface area (Å²) in [7, 11) is -2.94. The number of amides is 1. The van der Waals surface area contributed by atoms with Crippen LogP contribution in [0.15, 0.2) is 75.3 Å². The fourth-order valence-corrected chi connectivity index (χ4v) is 3.30. The maximum Gasteiger partial charge on any atom is 0.339 e. The van der Waals surface area contributed by atoms with Crippen molar-refractivity contribution in [3.05, 3.63) is 82.3 Å². The van der Waals surface area contributed by atoms with Crippen LogP contribution in [0.25, 0.3) is 0 Å². The monoisotopic (exact) mass is 445 g/mol. The summed E-state index contributed by atoms with van der Waals surface area (Å²) < 4.78 is 40.1. The maximum absolute atomic E-state index is 12.5. The number of non-ortho nitro benzene ring substituents is 1. The smallest absolute Gasteiger partial charge is 0.339 e. The van der Waals surface area contributed by atoms with Crippen LogP contribution >= 0.6 is 0 Å². The van der Waals surface area contributed by atoms with Crippen molar-refractivity contribution in [2.24, 2.45) is 5.10 Å². The number of rotatable bonds is 8. The number of hydrogen-bond donors (Lipinski definition) is 1. The first-order valence-corrected chi connectivity index (χ1v) is 9.95. The molecule has 0 aliphatic rings. The fraction of sp³-hybridized carbons (Fsp3) is 0.0526. The summed E-state index contributed by atoms with van der Waals surface area (Å²) in [4.78, 5) is 21.6. The summed E-state index contributed by atoms with van der Waals surface area (Å²) in [5.74, 6) is -0.457. The third kappa shape index (κ3) is 5.25. The molecule has 1 N–H and O–H groups in total. The van der Waals surface area contributed by atoms with Crippen LogP contribution < -0.4 is 14.3 Å². The number of carbonyl (C=O) groups excluding carboxylic acids is 1. The molecule has 0 atom stereocenters. The van der Waals surface area contributed by atoms with E-state index in [4.69, 9.17) is 13.3 Å². The molecule has 1 aromatic heterocycles. The van der Waals surface area contributed by atoms with Gasteiger partial charge in [-0.3, -0.25) is 14.9 Å². The molecule has 0 aliphatic heterocycles. The number of ether oxygens (including phenoxy) is 1. The summed E-state index contributed by atoms with van der Waals surface area (Å²) in [6.45, 7) is 0. The Kier molecular flexibility index (Phi) is 6.31. The average molecular weight is 445 g/mol. The van der Waals surface area contributed by atoms with Gasteiger partial charge in [0.2, 0.25) is 0 Å². The van der Waals surface area contributed by atoms with Crippen LogP contribution in [0.5, 0.6) is 11.5 Å². The van der Waals surface area contributed by atoms with Gasteiger partial charge in [0.15, 0.2) is 17.3 Å². The predicted octanol–water partition coefficient (Wildman–Crippen LogP) is 2.73. The fourth-order valence-electron chi connectivity index (χ4n) is 2.36. The van der Waals surface area contributed by atoms with Crippen molar-refractivity contribution < 1.29 is 31.5 Å². The number of nitro benzene ring substituents is 1. The van der Waals surface area contributed by atoms with E-state index in [1.807, 2.05) is 0 Å². The van der Waals surface area contributed by atoms with Crippen LogP contribution in [-0.4, -0.2) is 32.6 Å². The number of nitro groups is 1. The summed E-state index contributed by atoms with van der Waals surface area (Å²) >= 11 is 0. The molecule has 160 valence electrons. The van der Waals surface area contributed by atoms with E-state index < -0.39 is 20.9 Å². The van der Waals surface area contributed by atoms with Crippen LogP contribution in [0, 0.1) is 10.1 Å². The molecule has 0 radical (unpaired) electrons. The largest absolute Gasteiger partial charge is 0.493 e. The van der Waals surface area contributed by atoms with Gasteiger partial charge in [0.1, 0.15) is 4.90 Å². The zero-order chi connectivity index (χ0) is 22.4. The Morgan fingerprint density at radius 2 is 1.90 bits per heavy atom. The van der Waals surface area contributed by atoms with Crippen molar-refractivity contribution in [1.82, 2.24) is 5.43 Å². The third-order valence-corrected chi connectivity index (χ3v) is 5.10. The molecule has 0 fully saturated rings. The zero-order valence-electron chi connectivity index (χ0n) is 15.9. The standard InChI is InChI=1S/C19H15N3O8S/c1-28-18-11-13(12-20-21-19(23)17-3-2-10-29-17)4-9-16(18)30-31(26,27)15-7-5-14(6-8-15)22(24)25/h2-12H,1H3,(H,21,23)/b20-12-. The number of carbonyl (C=O) groups is 1. The topological polar surface area (TPSA) is 150 Å². The number of benzene rings is 2. The third-order valence-electron chi connectivity index (χ3n) is 3.85. The maximum atomic E-state index is 12.5. The van der Waals surface area contributed by atoms with Crippen molar-refractivity contribution in [2.45, 2.75) is 4.90 Å². The van der Waals surface area contributed by atoms with Crippen LogP contribution in [-0.2, 0) is 10.1 Å². The van der Waals surface area contributed by atoms with Crippen LogP contribution in [0.1, 0.15) is 16.1 Å². The molecular weight excluding hydrogens is 430 g/mol. The van der Waals surface area contributed by atoms with Crippen molar-refractivity contribution >= 4 is 27.9 Å². The van der Waals surface area contributed by atoms with E-state index in [2.05, 4.69) is 10.5 Å². The van der Waals surface area contributed by atoms with E-state index in [0.29, 0.717) is 5.56 Å². The second kappa shape index (κ2) is 9.09. The molecule has 12 heteroatoms. The number of nitrogens with zero attached hydrogens (tertiary/aromatic N) is 2. The minimum atomic E-state index is -4.26. The molecule has 0 saturated carbocycles. The van der Waals surface area contributed by atoms with Crippen molar-refractivity contribution in [1.29, 1.82) is 0 Å². The molecule has 3 aromatic rings. The van der Waals surface area contributed by atoms with E-state index in [-0.39, 0.29) is 27.8 Å². The summed E-state index contributed by atoms with van der Waals surface area (Å²) in [5, 5.41) is 14.5. The van der Waals surface area contributed by atoms with Gasteiger partial charge in [-0.05, 0) is 48.0 Å². The van der Waals surface area contributed by atoms with Gasteiger partial charge in [-0.25, -0.2) is 5.43 Å². The van der Waals surface area contributed by atoms with E-state index in [9.17, 15) is 23.3 Å². The molecular formula is C19H15N3O8S. The number of nitrogens with one attached hydrogen (secondary N) is 1. The first kappa shape index (κ1) is 21.5.